The van der Waals surface area contributed by atoms with Crippen molar-refractivity contribution in [1.82, 2.24) is 4.98 Å². The molecule has 0 saturated carbocycles. The second kappa shape index (κ2) is 7.84. The number of aromatic nitrogens is 1. The summed E-state index contributed by atoms with van der Waals surface area (Å²) in [6.07, 6.45) is 0.562. The van der Waals surface area contributed by atoms with Gasteiger partial charge in [0.25, 0.3) is 0 Å². The molecule has 5 heteroatoms. The molecular weight excluding hydrogens is 444 g/mol. The van der Waals surface area contributed by atoms with Crippen LogP contribution in [0.25, 0.3) is 10.2 Å². The Morgan fingerprint density at radius 2 is 1.19 bits per heavy atom. The normalized spacial score (nSPS) is 13.0. The van der Waals surface area contributed by atoms with E-state index in [1.165, 1.54) is 12.1 Å². The second-order valence-electron chi connectivity index (χ2n) is 7.57. The molecule has 0 atom stereocenters. The van der Waals surface area contributed by atoms with Crippen molar-refractivity contribution in [2.24, 2.45) is 0 Å². The average molecular weight is 464 g/mol. The van der Waals surface area contributed by atoms with Gasteiger partial charge in [0.15, 0.2) is 0 Å². The third kappa shape index (κ3) is 3.38. The van der Waals surface area contributed by atoms with Gasteiger partial charge in [0.1, 0.15) is 0 Å². The van der Waals surface area contributed by atoms with E-state index in [1.54, 1.807) is 17.4 Å². The first-order chi connectivity index (χ1) is 15.1. The fourth-order valence-electron chi connectivity index (χ4n) is 4.21. The zero-order valence-corrected chi connectivity index (χ0v) is 19.1. The molecular formula is C26H20ClFNPS. The van der Waals surface area contributed by atoms with Gasteiger partial charge in [0.2, 0.25) is 0 Å². The quantitative estimate of drug-likeness (QED) is 0.267. The number of hydrogen-bond acceptors (Lipinski definition) is 2. The fraction of sp³-hybridized carbons (Fsp3) is 0.0385. The molecule has 0 N–H and O–H groups in total. The van der Waals surface area contributed by atoms with Crippen LogP contribution in [0, 0.1) is 5.82 Å². The van der Waals surface area contributed by atoms with Gasteiger partial charge in [-0.15, -0.1) is 0 Å². The summed E-state index contributed by atoms with van der Waals surface area (Å²) >= 11 is 9.68. The molecule has 0 aliphatic rings. The number of nitrogens with zero attached hydrogens (tertiary/aromatic N) is 1. The third-order valence-electron chi connectivity index (χ3n) is 5.71. The fourth-order valence-corrected chi connectivity index (χ4v) is 12.0. The van der Waals surface area contributed by atoms with Gasteiger partial charge in [0, 0.05) is 0 Å². The summed E-state index contributed by atoms with van der Waals surface area (Å²) in [5.74, 6) is -3.71. The molecule has 0 saturated heterocycles. The van der Waals surface area contributed by atoms with Gasteiger partial charge in [-0.1, -0.05) is 0 Å². The maximum atomic E-state index is 13.8. The van der Waals surface area contributed by atoms with Gasteiger partial charge in [-0.3, -0.25) is 0 Å². The van der Waals surface area contributed by atoms with Crippen molar-refractivity contribution in [3.63, 3.8) is 0 Å². The molecule has 1 heterocycles. The van der Waals surface area contributed by atoms with Gasteiger partial charge >= 0.3 is 190 Å². The Labute approximate surface area is 189 Å². The monoisotopic (exact) mass is 463 g/mol. The summed E-state index contributed by atoms with van der Waals surface area (Å²) in [5.41, 5.74) is 0.677. The Kier molecular flexibility index (Phi) is 5.14. The summed E-state index contributed by atoms with van der Waals surface area (Å²) in [5, 5.41) is 4.19. The number of rotatable bonds is 5. The summed E-state index contributed by atoms with van der Waals surface area (Å²) in [6, 6.07) is 35.8. The molecule has 154 valence electrons. The van der Waals surface area contributed by atoms with Crippen molar-refractivity contribution < 1.29 is 4.39 Å². The Morgan fingerprint density at radius 1 is 0.710 bits per heavy atom. The SMILES string of the molecule is Fc1ccc2sc(CP(Cl)(c3ccccc3)(c3ccccc3)c3ccccc3)nc2c1. The molecule has 0 amide bonds. The summed E-state index contributed by atoms with van der Waals surface area (Å²) < 4.78 is 14.8. The topological polar surface area (TPSA) is 12.9 Å². The Hall–Kier alpha value is -2.58. The van der Waals surface area contributed by atoms with Gasteiger partial charge in [0.05, 0.1) is 0 Å². The van der Waals surface area contributed by atoms with Crippen LogP contribution >= 0.6 is 28.5 Å². The zero-order valence-electron chi connectivity index (χ0n) is 16.7. The zero-order chi connectivity index (χ0) is 21.3. The van der Waals surface area contributed by atoms with Crippen LogP contribution in [0.4, 0.5) is 4.39 Å². The van der Waals surface area contributed by atoms with Crippen molar-refractivity contribution in [1.29, 1.82) is 0 Å². The van der Waals surface area contributed by atoms with Crippen molar-refractivity contribution in [2.45, 2.75) is 6.16 Å². The molecule has 0 spiro atoms. The first-order valence-corrected chi connectivity index (χ1v) is 14.2. The Bertz CT molecular complexity index is 1240. The van der Waals surface area contributed by atoms with Crippen molar-refractivity contribution in [2.75, 3.05) is 0 Å². The van der Waals surface area contributed by atoms with E-state index in [1.807, 2.05) is 54.6 Å². The van der Waals surface area contributed by atoms with Crippen LogP contribution in [0.15, 0.2) is 109 Å². The Morgan fingerprint density at radius 3 is 1.68 bits per heavy atom. The number of thiazole rings is 1. The predicted octanol–water partition coefficient (Wildman–Crippen LogP) is 6.62. The summed E-state index contributed by atoms with van der Waals surface area (Å²) in [7, 11) is 0. The summed E-state index contributed by atoms with van der Waals surface area (Å²) in [6.45, 7) is 0. The third-order valence-corrected chi connectivity index (χ3v) is 14.1. The number of halogens is 2. The molecule has 5 rings (SSSR count). The molecule has 0 unspecified atom stereocenters. The van der Waals surface area contributed by atoms with Crippen LogP contribution in [0.2, 0.25) is 0 Å². The van der Waals surface area contributed by atoms with Crippen LogP contribution in [-0.4, -0.2) is 4.98 Å². The molecule has 0 fully saturated rings. The van der Waals surface area contributed by atoms with Crippen molar-refractivity contribution in [3.05, 3.63) is 120 Å². The van der Waals surface area contributed by atoms with E-state index >= 15 is 0 Å². The van der Waals surface area contributed by atoms with E-state index in [-0.39, 0.29) is 5.82 Å². The van der Waals surface area contributed by atoms with E-state index < -0.39 is 5.96 Å². The predicted molar refractivity (Wildman–Crippen MR) is 134 cm³/mol. The van der Waals surface area contributed by atoms with E-state index in [4.69, 9.17) is 16.2 Å². The average Bonchev–Trinajstić information content (AvgIpc) is 3.22. The van der Waals surface area contributed by atoms with Crippen molar-refractivity contribution in [3.8, 4) is 0 Å². The van der Waals surface area contributed by atoms with Crippen LogP contribution in [0.3, 0.4) is 0 Å². The van der Waals surface area contributed by atoms with E-state index in [2.05, 4.69) is 36.4 Å². The summed E-state index contributed by atoms with van der Waals surface area (Å²) in [4.78, 5) is 4.81. The van der Waals surface area contributed by atoms with Crippen molar-refractivity contribution >= 4 is 54.7 Å². The molecule has 1 nitrogen and oxygen atoms in total. The van der Waals surface area contributed by atoms with E-state index in [0.29, 0.717) is 11.7 Å². The maximum absolute atomic E-state index is 13.8. The van der Waals surface area contributed by atoms with Crippen LogP contribution in [0.1, 0.15) is 5.01 Å². The first kappa shape index (κ1) is 20.3. The van der Waals surface area contributed by atoms with E-state index in [0.717, 1.165) is 25.6 Å². The molecule has 4 aromatic carbocycles. The molecule has 1 aromatic heterocycles. The number of fused-ring (bicyclic) bond motifs is 1. The first-order valence-electron chi connectivity index (χ1n) is 10.0. The van der Waals surface area contributed by atoms with E-state index in [9.17, 15) is 4.39 Å². The minimum atomic E-state index is -3.43. The molecule has 0 bridgehead atoms. The molecule has 31 heavy (non-hydrogen) atoms. The van der Waals surface area contributed by atoms with Crippen LogP contribution < -0.4 is 15.9 Å². The molecule has 0 aliphatic carbocycles. The molecule has 5 aromatic rings. The van der Waals surface area contributed by atoms with Gasteiger partial charge in [-0.2, -0.15) is 0 Å². The minimum absolute atomic E-state index is 0.276. The second-order valence-corrected chi connectivity index (χ2v) is 15.2. The Balaban J connectivity index is 1.83. The molecule has 0 radical (unpaired) electrons. The van der Waals surface area contributed by atoms with Gasteiger partial charge in [-0.25, -0.2) is 0 Å². The number of hydrogen-bond donors (Lipinski definition) is 0. The van der Waals surface area contributed by atoms with Gasteiger partial charge < -0.3 is 0 Å². The van der Waals surface area contributed by atoms with Crippen LogP contribution in [0.5, 0.6) is 0 Å². The number of benzene rings is 4. The molecule has 0 aliphatic heterocycles. The van der Waals surface area contributed by atoms with Crippen LogP contribution in [-0.2, 0) is 6.16 Å². The van der Waals surface area contributed by atoms with Gasteiger partial charge in [-0.05, 0) is 0 Å². The standard InChI is InChI=1S/C26H20ClFNPS/c27-30(21-10-4-1-5-11-21,22-12-6-2-7-13-22,23-14-8-3-9-15-23)19-26-29-24-18-20(28)16-17-25(24)31-26/h1-18H,19H2.